The molecule has 3 rings (SSSR count). The smallest absolute Gasteiger partial charge is 0.137 e. The van der Waals surface area contributed by atoms with Gasteiger partial charge in [-0.15, -0.1) is 0 Å². The Kier molecular flexibility index (Phi) is 3.19. The van der Waals surface area contributed by atoms with Gasteiger partial charge in [0.2, 0.25) is 0 Å². The molecule has 0 amide bonds. The van der Waals surface area contributed by atoms with Crippen molar-refractivity contribution in [3.63, 3.8) is 0 Å². The lowest BCUT2D eigenvalue weighted by atomic mass is 9.95. The SMILES string of the molecule is Fc1cc(CNC2CC3CCC2O3)ccc1Br. The van der Waals surface area contributed by atoms with E-state index < -0.39 is 0 Å². The van der Waals surface area contributed by atoms with Crippen molar-refractivity contribution in [1.29, 1.82) is 0 Å². The largest absolute Gasteiger partial charge is 0.373 e. The Hall–Kier alpha value is -0.450. The molecule has 92 valence electrons. The summed E-state index contributed by atoms with van der Waals surface area (Å²) in [6.45, 7) is 0.710. The normalized spacial score (nSPS) is 31.1. The minimum atomic E-state index is -0.200. The maximum Gasteiger partial charge on any atom is 0.137 e. The van der Waals surface area contributed by atoms with Crippen LogP contribution in [0.15, 0.2) is 22.7 Å². The number of fused-ring (bicyclic) bond motifs is 2. The summed E-state index contributed by atoms with van der Waals surface area (Å²) in [5.41, 5.74) is 0.980. The fraction of sp³-hybridized carbons (Fsp3) is 0.538. The zero-order valence-electron chi connectivity index (χ0n) is 9.46. The second-order valence-corrected chi connectivity index (χ2v) is 5.70. The molecule has 2 bridgehead atoms. The van der Waals surface area contributed by atoms with E-state index in [1.54, 1.807) is 12.1 Å². The van der Waals surface area contributed by atoms with Crippen molar-refractivity contribution in [2.45, 2.75) is 44.1 Å². The number of hydrogen-bond acceptors (Lipinski definition) is 2. The molecule has 3 atom stereocenters. The molecule has 1 N–H and O–H groups in total. The minimum Gasteiger partial charge on any atom is -0.373 e. The molecule has 17 heavy (non-hydrogen) atoms. The fourth-order valence-corrected chi connectivity index (χ4v) is 3.00. The molecular weight excluding hydrogens is 285 g/mol. The quantitative estimate of drug-likeness (QED) is 0.926. The van der Waals surface area contributed by atoms with Gasteiger partial charge in [0.1, 0.15) is 5.82 Å². The summed E-state index contributed by atoms with van der Waals surface area (Å²) < 4.78 is 19.6. The van der Waals surface area contributed by atoms with E-state index in [0.717, 1.165) is 18.4 Å². The van der Waals surface area contributed by atoms with Gasteiger partial charge >= 0.3 is 0 Å². The van der Waals surface area contributed by atoms with Crippen LogP contribution < -0.4 is 5.32 Å². The van der Waals surface area contributed by atoms with Gasteiger partial charge in [-0.05, 0) is 52.9 Å². The van der Waals surface area contributed by atoms with Gasteiger partial charge in [-0.3, -0.25) is 0 Å². The van der Waals surface area contributed by atoms with E-state index in [9.17, 15) is 4.39 Å². The second kappa shape index (κ2) is 4.67. The highest BCUT2D eigenvalue weighted by atomic mass is 79.9. The van der Waals surface area contributed by atoms with Crippen molar-refractivity contribution in [1.82, 2.24) is 5.32 Å². The highest BCUT2D eigenvalue weighted by molar-refractivity contribution is 9.10. The molecule has 0 aliphatic carbocycles. The molecule has 2 saturated heterocycles. The van der Waals surface area contributed by atoms with Gasteiger partial charge in [0.05, 0.1) is 16.7 Å². The van der Waals surface area contributed by atoms with Crippen LogP contribution in [-0.2, 0) is 11.3 Å². The molecule has 0 saturated carbocycles. The van der Waals surface area contributed by atoms with Crippen LogP contribution in [0, 0.1) is 5.82 Å². The van der Waals surface area contributed by atoms with Crippen molar-refractivity contribution in [2.75, 3.05) is 0 Å². The first-order valence-corrected chi connectivity index (χ1v) is 6.84. The monoisotopic (exact) mass is 299 g/mol. The first-order valence-electron chi connectivity index (χ1n) is 6.05. The Balaban J connectivity index is 1.59. The van der Waals surface area contributed by atoms with Crippen molar-refractivity contribution in [3.05, 3.63) is 34.1 Å². The van der Waals surface area contributed by atoms with Crippen LogP contribution in [0.5, 0.6) is 0 Å². The summed E-state index contributed by atoms with van der Waals surface area (Å²) in [5, 5.41) is 3.47. The van der Waals surface area contributed by atoms with Crippen molar-refractivity contribution >= 4 is 15.9 Å². The molecule has 1 aromatic carbocycles. The van der Waals surface area contributed by atoms with Gasteiger partial charge in [-0.1, -0.05) is 6.07 Å². The van der Waals surface area contributed by atoms with E-state index in [2.05, 4.69) is 21.2 Å². The van der Waals surface area contributed by atoms with Gasteiger partial charge in [0.15, 0.2) is 0 Å². The summed E-state index contributed by atoms with van der Waals surface area (Å²) in [6, 6.07) is 5.71. The summed E-state index contributed by atoms with van der Waals surface area (Å²) in [4.78, 5) is 0. The Morgan fingerprint density at radius 2 is 2.29 bits per heavy atom. The zero-order valence-corrected chi connectivity index (χ0v) is 11.0. The van der Waals surface area contributed by atoms with Crippen LogP contribution in [0.3, 0.4) is 0 Å². The predicted octanol–water partition coefficient (Wildman–Crippen LogP) is 3.00. The maximum atomic E-state index is 13.3. The van der Waals surface area contributed by atoms with Gasteiger partial charge in [0.25, 0.3) is 0 Å². The number of halogens is 2. The fourth-order valence-electron chi connectivity index (χ4n) is 2.75. The predicted molar refractivity (Wildman–Crippen MR) is 67.2 cm³/mol. The van der Waals surface area contributed by atoms with E-state index >= 15 is 0 Å². The van der Waals surface area contributed by atoms with Gasteiger partial charge in [-0.2, -0.15) is 0 Å². The molecule has 4 heteroatoms. The van der Waals surface area contributed by atoms with E-state index in [1.165, 1.54) is 6.42 Å². The summed E-state index contributed by atoms with van der Waals surface area (Å²) >= 11 is 3.16. The molecule has 2 aliphatic rings. The topological polar surface area (TPSA) is 21.3 Å². The highest BCUT2D eigenvalue weighted by Gasteiger charge is 2.40. The molecular formula is C13H15BrFNO. The number of nitrogens with one attached hydrogen (secondary N) is 1. The third-order valence-corrected chi connectivity index (χ3v) is 4.30. The molecule has 3 unspecified atom stereocenters. The first-order chi connectivity index (χ1) is 8.22. The molecule has 2 nitrogen and oxygen atoms in total. The number of benzene rings is 1. The average molecular weight is 300 g/mol. The zero-order chi connectivity index (χ0) is 11.8. The Labute approximate surface area is 109 Å². The summed E-state index contributed by atoms with van der Waals surface area (Å²) in [6.07, 6.45) is 4.30. The van der Waals surface area contributed by atoms with Crippen molar-refractivity contribution in [3.8, 4) is 0 Å². The van der Waals surface area contributed by atoms with Crippen LogP contribution >= 0.6 is 15.9 Å². The standard InChI is InChI=1S/C13H15BrFNO/c14-10-3-1-8(5-11(10)15)7-16-12-6-9-2-4-13(12)17-9/h1,3,5,9,12-13,16H,2,4,6-7H2. The van der Waals surface area contributed by atoms with Gasteiger partial charge in [0, 0.05) is 12.6 Å². The molecule has 1 aromatic rings. The van der Waals surface area contributed by atoms with Crippen LogP contribution in [0.25, 0.3) is 0 Å². The number of rotatable bonds is 3. The lowest BCUT2D eigenvalue weighted by Gasteiger charge is -2.20. The number of hydrogen-bond donors (Lipinski definition) is 1. The van der Waals surface area contributed by atoms with E-state index in [1.807, 2.05) is 6.07 Å². The Morgan fingerprint density at radius 1 is 1.41 bits per heavy atom. The second-order valence-electron chi connectivity index (χ2n) is 4.85. The Morgan fingerprint density at radius 3 is 2.94 bits per heavy atom. The molecule has 0 radical (unpaired) electrons. The molecule has 0 spiro atoms. The van der Waals surface area contributed by atoms with Crippen LogP contribution in [-0.4, -0.2) is 18.2 Å². The Bertz CT molecular complexity index is 426. The lowest BCUT2D eigenvalue weighted by Crippen LogP contribution is -2.36. The van der Waals surface area contributed by atoms with Crippen molar-refractivity contribution < 1.29 is 9.13 Å². The number of ether oxygens (including phenoxy) is 1. The summed E-state index contributed by atoms with van der Waals surface area (Å²) in [5.74, 6) is -0.200. The first kappa shape index (κ1) is 11.6. The molecule has 2 fully saturated rings. The van der Waals surface area contributed by atoms with E-state index in [-0.39, 0.29) is 5.82 Å². The molecule has 2 aliphatic heterocycles. The van der Waals surface area contributed by atoms with Gasteiger partial charge in [-0.25, -0.2) is 4.39 Å². The van der Waals surface area contributed by atoms with Crippen LogP contribution in [0.2, 0.25) is 0 Å². The van der Waals surface area contributed by atoms with E-state index in [4.69, 9.17) is 4.74 Å². The molecule has 2 heterocycles. The summed E-state index contributed by atoms with van der Waals surface area (Å²) in [7, 11) is 0. The minimum absolute atomic E-state index is 0.200. The lowest BCUT2D eigenvalue weighted by molar-refractivity contribution is 0.0973. The third-order valence-electron chi connectivity index (χ3n) is 3.66. The highest BCUT2D eigenvalue weighted by Crippen LogP contribution is 2.34. The average Bonchev–Trinajstić information content (AvgIpc) is 2.92. The maximum absolute atomic E-state index is 13.3. The third kappa shape index (κ3) is 2.39. The van der Waals surface area contributed by atoms with Crippen LogP contribution in [0.1, 0.15) is 24.8 Å². The molecule has 0 aromatic heterocycles. The van der Waals surface area contributed by atoms with Crippen LogP contribution in [0.4, 0.5) is 4.39 Å². The van der Waals surface area contributed by atoms with E-state index in [0.29, 0.717) is 29.3 Å². The van der Waals surface area contributed by atoms with Gasteiger partial charge < -0.3 is 10.1 Å². The van der Waals surface area contributed by atoms with Crippen molar-refractivity contribution in [2.24, 2.45) is 0 Å².